The largest absolute Gasteiger partial charge is 0.397 e. The molecule has 0 aliphatic heterocycles. The normalized spacial score (nSPS) is 11.5. The molecule has 0 bridgehead atoms. The molecule has 150 valence electrons. The standard InChI is InChI=1S/C22H30N4O2/c1-3-4-5-8-16(2)25-22(28)24-15-17-11-13-18(14-12-17)21(27)26-20-10-7-6-9-19(20)23/h6-7,9-14,16H,3-5,8,15,23H2,1-2H3,(H,26,27)(H2,24,25,28). The fraction of sp³-hybridized carbons (Fsp3) is 0.364. The minimum Gasteiger partial charge on any atom is -0.397 e. The molecule has 2 rings (SSSR count). The molecule has 0 aromatic heterocycles. The summed E-state index contributed by atoms with van der Waals surface area (Å²) >= 11 is 0. The first-order chi connectivity index (χ1) is 13.5. The number of benzene rings is 2. The SMILES string of the molecule is CCCCCC(C)NC(=O)NCc1ccc(C(=O)Nc2ccccc2N)cc1. The zero-order valence-corrected chi connectivity index (χ0v) is 16.6. The molecule has 0 saturated carbocycles. The Morgan fingerprint density at radius 3 is 2.43 bits per heavy atom. The number of amides is 3. The molecule has 5 N–H and O–H groups in total. The van der Waals surface area contributed by atoms with Crippen molar-refractivity contribution < 1.29 is 9.59 Å². The molecule has 0 saturated heterocycles. The zero-order chi connectivity index (χ0) is 20.4. The fourth-order valence-corrected chi connectivity index (χ4v) is 2.81. The number of urea groups is 1. The molecule has 3 amide bonds. The van der Waals surface area contributed by atoms with E-state index in [1.807, 2.05) is 31.2 Å². The van der Waals surface area contributed by atoms with Crippen LogP contribution in [0.2, 0.25) is 0 Å². The number of para-hydroxylation sites is 2. The summed E-state index contributed by atoms with van der Waals surface area (Å²) in [6.45, 7) is 4.58. The van der Waals surface area contributed by atoms with Gasteiger partial charge in [0.05, 0.1) is 11.4 Å². The molecule has 2 aromatic carbocycles. The Hall–Kier alpha value is -3.02. The third-order valence-corrected chi connectivity index (χ3v) is 4.50. The van der Waals surface area contributed by atoms with Crippen molar-refractivity contribution in [3.8, 4) is 0 Å². The lowest BCUT2D eigenvalue weighted by molar-refractivity contribution is 0.102. The smallest absolute Gasteiger partial charge is 0.315 e. The Labute approximate surface area is 166 Å². The summed E-state index contributed by atoms with van der Waals surface area (Å²) in [6.07, 6.45) is 4.46. The van der Waals surface area contributed by atoms with Gasteiger partial charge < -0.3 is 21.7 Å². The first-order valence-corrected chi connectivity index (χ1v) is 9.78. The van der Waals surface area contributed by atoms with Gasteiger partial charge in [-0.2, -0.15) is 0 Å². The highest BCUT2D eigenvalue weighted by Gasteiger charge is 2.09. The number of hydrogen-bond acceptors (Lipinski definition) is 3. The highest BCUT2D eigenvalue weighted by molar-refractivity contribution is 6.05. The van der Waals surface area contributed by atoms with Crippen LogP contribution in [0.1, 0.15) is 55.5 Å². The minimum absolute atomic E-state index is 0.156. The van der Waals surface area contributed by atoms with Crippen LogP contribution < -0.4 is 21.7 Å². The molecule has 6 nitrogen and oxygen atoms in total. The van der Waals surface area contributed by atoms with E-state index >= 15 is 0 Å². The van der Waals surface area contributed by atoms with Gasteiger partial charge in [-0.25, -0.2) is 4.79 Å². The number of hydrogen-bond donors (Lipinski definition) is 4. The van der Waals surface area contributed by atoms with E-state index in [4.69, 9.17) is 5.73 Å². The first kappa shape index (κ1) is 21.3. The quantitative estimate of drug-likeness (QED) is 0.385. The van der Waals surface area contributed by atoms with Gasteiger partial charge in [-0.3, -0.25) is 4.79 Å². The third-order valence-electron chi connectivity index (χ3n) is 4.50. The fourth-order valence-electron chi connectivity index (χ4n) is 2.81. The van der Waals surface area contributed by atoms with Crippen molar-refractivity contribution in [3.63, 3.8) is 0 Å². The highest BCUT2D eigenvalue weighted by Crippen LogP contribution is 2.18. The molecule has 28 heavy (non-hydrogen) atoms. The van der Waals surface area contributed by atoms with Crippen molar-refractivity contribution in [1.29, 1.82) is 0 Å². The average molecular weight is 383 g/mol. The lowest BCUT2D eigenvalue weighted by atomic mass is 10.1. The van der Waals surface area contributed by atoms with Crippen LogP contribution in [-0.2, 0) is 6.54 Å². The zero-order valence-electron chi connectivity index (χ0n) is 16.6. The van der Waals surface area contributed by atoms with Crippen molar-refractivity contribution in [2.45, 2.75) is 52.1 Å². The van der Waals surface area contributed by atoms with E-state index in [1.165, 1.54) is 12.8 Å². The predicted octanol–water partition coefficient (Wildman–Crippen LogP) is 4.29. The van der Waals surface area contributed by atoms with E-state index in [1.54, 1.807) is 24.3 Å². The lowest BCUT2D eigenvalue weighted by Gasteiger charge is -2.14. The van der Waals surface area contributed by atoms with Crippen LogP contribution >= 0.6 is 0 Å². The summed E-state index contributed by atoms with van der Waals surface area (Å²) in [5.41, 5.74) is 8.40. The predicted molar refractivity (Wildman–Crippen MR) is 114 cm³/mol. The van der Waals surface area contributed by atoms with Crippen molar-refractivity contribution in [1.82, 2.24) is 10.6 Å². The highest BCUT2D eigenvalue weighted by atomic mass is 16.2. The first-order valence-electron chi connectivity index (χ1n) is 9.78. The second kappa shape index (κ2) is 11.0. The molecule has 2 aromatic rings. The number of rotatable bonds is 9. The topological polar surface area (TPSA) is 96.2 Å². The van der Waals surface area contributed by atoms with Gasteiger partial charge in [-0.15, -0.1) is 0 Å². The second-order valence-electron chi connectivity index (χ2n) is 6.96. The van der Waals surface area contributed by atoms with Crippen molar-refractivity contribution >= 4 is 23.3 Å². The van der Waals surface area contributed by atoms with E-state index in [-0.39, 0.29) is 18.0 Å². The van der Waals surface area contributed by atoms with Gasteiger partial charge in [0.15, 0.2) is 0 Å². The lowest BCUT2D eigenvalue weighted by Crippen LogP contribution is -2.40. The van der Waals surface area contributed by atoms with E-state index in [9.17, 15) is 9.59 Å². The van der Waals surface area contributed by atoms with Crippen LogP contribution in [0.15, 0.2) is 48.5 Å². The Morgan fingerprint density at radius 1 is 1.04 bits per heavy atom. The van der Waals surface area contributed by atoms with E-state index in [0.717, 1.165) is 18.4 Å². The minimum atomic E-state index is -0.226. The maximum atomic E-state index is 12.3. The van der Waals surface area contributed by atoms with E-state index in [0.29, 0.717) is 23.5 Å². The number of anilines is 2. The summed E-state index contributed by atoms with van der Waals surface area (Å²) in [5, 5.41) is 8.59. The van der Waals surface area contributed by atoms with Crippen LogP contribution in [0.25, 0.3) is 0 Å². The van der Waals surface area contributed by atoms with Crippen molar-refractivity contribution in [3.05, 3.63) is 59.7 Å². The third kappa shape index (κ3) is 6.95. The molecule has 0 aliphatic carbocycles. The Balaban J connectivity index is 1.80. The van der Waals surface area contributed by atoms with Gasteiger partial charge in [-0.05, 0) is 43.2 Å². The molecule has 0 spiro atoms. The Bertz CT molecular complexity index is 774. The van der Waals surface area contributed by atoms with Crippen molar-refractivity contribution in [2.24, 2.45) is 0 Å². The van der Waals surface area contributed by atoms with Crippen LogP contribution in [0.5, 0.6) is 0 Å². The van der Waals surface area contributed by atoms with Crippen molar-refractivity contribution in [2.75, 3.05) is 11.1 Å². The number of nitrogens with two attached hydrogens (primary N) is 1. The molecular weight excluding hydrogens is 352 g/mol. The maximum Gasteiger partial charge on any atom is 0.315 e. The summed E-state index contributed by atoms with van der Waals surface area (Å²) in [5.74, 6) is -0.226. The number of carbonyl (C=O) groups excluding carboxylic acids is 2. The number of unbranched alkanes of at least 4 members (excludes halogenated alkanes) is 2. The molecule has 0 aliphatic rings. The van der Waals surface area contributed by atoms with E-state index < -0.39 is 0 Å². The van der Waals surface area contributed by atoms with Crippen LogP contribution in [-0.4, -0.2) is 18.0 Å². The Kier molecular flexibility index (Phi) is 8.34. The number of nitrogen functional groups attached to an aromatic ring is 1. The number of carbonyl (C=O) groups is 2. The molecular formula is C22H30N4O2. The van der Waals surface area contributed by atoms with Gasteiger partial charge in [0.25, 0.3) is 5.91 Å². The van der Waals surface area contributed by atoms with Crippen LogP contribution in [0.3, 0.4) is 0 Å². The molecule has 0 radical (unpaired) electrons. The molecule has 6 heteroatoms. The van der Waals surface area contributed by atoms with E-state index in [2.05, 4.69) is 22.9 Å². The summed E-state index contributed by atoms with van der Waals surface area (Å²) in [4.78, 5) is 24.3. The maximum absolute atomic E-state index is 12.3. The molecule has 1 unspecified atom stereocenters. The molecule has 0 heterocycles. The van der Waals surface area contributed by atoms with Crippen LogP contribution in [0.4, 0.5) is 16.2 Å². The van der Waals surface area contributed by atoms with Gasteiger partial charge >= 0.3 is 6.03 Å². The summed E-state index contributed by atoms with van der Waals surface area (Å²) in [6, 6.07) is 14.2. The Morgan fingerprint density at radius 2 is 1.75 bits per heavy atom. The summed E-state index contributed by atoms with van der Waals surface area (Å²) < 4.78 is 0. The summed E-state index contributed by atoms with van der Waals surface area (Å²) in [7, 11) is 0. The average Bonchev–Trinajstić information content (AvgIpc) is 2.68. The molecule has 1 atom stereocenters. The van der Waals surface area contributed by atoms with Crippen LogP contribution in [0, 0.1) is 0 Å². The van der Waals surface area contributed by atoms with Gasteiger partial charge in [0.2, 0.25) is 0 Å². The second-order valence-corrected chi connectivity index (χ2v) is 6.96. The molecule has 0 fully saturated rings. The van der Waals surface area contributed by atoms with Gasteiger partial charge in [0, 0.05) is 18.2 Å². The van der Waals surface area contributed by atoms with Gasteiger partial charge in [-0.1, -0.05) is 50.5 Å². The number of nitrogens with one attached hydrogen (secondary N) is 3. The van der Waals surface area contributed by atoms with Gasteiger partial charge in [0.1, 0.15) is 0 Å². The monoisotopic (exact) mass is 382 g/mol.